The van der Waals surface area contributed by atoms with Gasteiger partial charge in [-0.1, -0.05) is 23.7 Å². The summed E-state index contributed by atoms with van der Waals surface area (Å²) in [6.07, 6.45) is 0.578. The summed E-state index contributed by atoms with van der Waals surface area (Å²) in [6, 6.07) is 0. The van der Waals surface area contributed by atoms with E-state index in [0.717, 1.165) is 0 Å². The molecule has 0 aromatic heterocycles. The summed E-state index contributed by atoms with van der Waals surface area (Å²) >= 11 is 5.38. The molecule has 0 spiro atoms. The van der Waals surface area contributed by atoms with Crippen LogP contribution in [-0.4, -0.2) is 11.1 Å². The average Bonchev–Trinajstić information content (AvgIpc) is 1.83. The molecule has 52 valence electrons. The quantitative estimate of drug-likeness (QED) is 0.339. The molecule has 0 aliphatic rings. The maximum Gasteiger partial charge on any atom is 0.332 e. The third-order valence-electron chi connectivity index (χ3n) is 0.565. The van der Waals surface area contributed by atoms with E-state index < -0.39 is 5.97 Å². The minimum atomic E-state index is -0.457. The third-order valence-corrected chi connectivity index (χ3v) is 0.901. The fraction of sp³-hybridized carbons (Fsp3) is 0.600. The Labute approximate surface area is 58.6 Å². The Morgan fingerprint density at radius 2 is 2.33 bits per heavy atom. The van der Waals surface area contributed by atoms with Crippen molar-refractivity contribution in [3.8, 4) is 0 Å². The van der Waals surface area contributed by atoms with Crippen molar-refractivity contribution in [1.29, 1.82) is 0 Å². The second kappa shape index (κ2) is 4.32. The summed E-state index contributed by atoms with van der Waals surface area (Å²) < 4.78 is 0. The van der Waals surface area contributed by atoms with Crippen LogP contribution in [0.5, 0.6) is 0 Å². The van der Waals surface area contributed by atoms with Crippen LogP contribution in [0, 0.1) is 0 Å². The second-order valence-electron chi connectivity index (χ2n) is 1.40. The molecule has 4 heteroatoms. The lowest BCUT2D eigenvalue weighted by Crippen LogP contribution is -1.93. The van der Waals surface area contributed by atoms with Gasteiger partial charge in [-0.3, -0.25) is 0 Å². The van der Waals surface area contributed by atoms with Gasteiger partial charge in [-0.15, -0.1) is 0 Å². The van der Waals surface area contributed by atoms with Gasteiger partial charge < -0.3 is 4.84 Å². The highest BCUT2D eigenvalue weighted by Gasteiger charge is 1.91. The van der Waals surface area contributed by atoms with E-state index in [0.29, 0.717) is 11.6 Å². The number of rotatable bonds is 2. The lowest BCUT2D eigenvalue weighted by Gasteiger charge is -1.89. The van der Waals surface area contributed by atoms with E-state index in [-0.39, 0.29) is 0 Å². The molecule has 0 radical (unpaired) electrons. The van der Waals surface area contributed by atoms with Crippen LogP contribution in [0.3, 0.4) is 0 Å². The fourth-order valence-corrected chi connectivity index (χ4v) is 0.213. The number of oxime groups is 1. The van der Waals surface area contributed by atoms with Crippen LogP contribution in [0.1, 0.15) is 20.3 Å². The zero-order valence-corrected chi connectivity index (χ0v) is 6.10. The molecular formula is C5H8ClNO2. The normalized spacial score (nSPS) is 11.2. The summed E-state index contributed by atoms with van der Waals surface area (Å²) in [5.74, 6) is -0.457. The zero-order chi connectivity index (χ0) is 7.28. The molecule has 0 N–H and O–H groups in total. The smallest absolute Gasteiger partial charge is 0.317 e. The average molecular weight is 150 g/mol. The first-order chi connectivity index (χ1) is 4.16. The molecule has 0 aliphatic carbocycles. The van der Waals surface area contributed by atoms with Gasteiger partial charge in [0.15, 0.2) is 0 Å². The van der Waals surface area contributed by atoms with Gasteiger partial charge in [0.1, 0.15) is 5.17 Å². The maximum atomic E-state index is 10.1. The number of carbonyl (C=O) groups is 1. The van der Waals surface area contributed by atoms with Crippen LogP contribution in [0.2, 0.25) is 0 Å². The summed E-state index contributed by atoms with van der Waals surface area (Å²) in [5, 5.41) is 3.57. The van der Waals surface area contributed by atoms with Crippen LogP contribution in [0.25, 0.3) is 0 Å². The number of carbonyl (C=O) groups excluding carboxylic acids is 1. The molecular weight excluding hydrogens is 142 g/mol. The Bertz CT molecular complexity index is 133. The minimum Gasteiger partial charge on any atom is -0.317 e. The summed E-state index contributed by atoms with van der Waals surface area (Å²) in [5.41, 5.74) is 0. The van der Waals surface area contributed by atoms with Crippen LogP contribution >= 0.6 is 11.6 Å². The van der Waals surface area contributed by atoms with E-state index in [1.165, 1.54) is 6.92 Å². The fourth-order valence-electron chi connectivity index (χ4n) is 0.178. The van der Waals surface area contributed by atoms with Crippen molar-refractivity contribution in [2.24, 2.45) is 5.16 Å². The van der Waals surface area contributed by atoms with E-state index in [1.54, 1.807) is 0 Å². The largest absolute Gasteiger partial charge is 0.332 e. The van der Waals surface area contributed by atoms with Crippen molar-refractivity contribution < 1.29 is 9.63 Å². The van der Waals surface area contributed by atoms with Gasteiger partial charge in [0.2, 0.25) is 0 Å². The summed E-state index contributed by atoms with van der Waals surface area (Å²) in [4.78, 5) is 14.3. The van der Waals surface area contributed by atoms with Crippen LogP contribution in [0.4, 0.5) is 0 Å². The van der Waals surface area contributed by atoms with Crippen molar-refractivity contribution in [2.75, 3.05) is 0 Å². The monoisotopic (exact) mass is 149 g/mol. The Balaban J connectivity index is 3.56. The van der Waals surface area contributed by atoms with Crippen molar-refractivity contribution in [3.05, 3.63) is 0 Å². The molecule has 0 bridgehead atoms. The highest BCUT2D eigenvalue weighted by Crippen LogP contribution is 1.92. The molecule has 0 aromatic rings. The van der Waals surface area contributed by atoms with Gasteiger partial charge >= 0.3 is 5.97 Å². The van der Waals surface area contributed by atoms with Gasteiger partial charge in [0.05, 0.1) is 0 Å². The Kier molecular flexibility index (Phi) is 4.05. The lowest BCUT2D eigenvalue weighted by molar-refractivity contribution is -0.140. The summed E-state index contributed by atoms with van der Waals surface area (Å²) in [7, 11) is 0. The molecule has 3 nitrogen and oxygen atoms in total. The molecule has 0 unspecified atom stereocenters. The number of hydrogen-bond acceptors (Lipinski definition) is 3. The molecule has 0 aromatic carbocycles. The highest BCUT2D eigenvalue weighted by molar-refractivity contribution is 6.65. The molecule has 9 heavy (non-hydrogen) atoms. The SMILES string of the molecule is CC/C(Cl)=N/OC(C)=O. The van der Waals surface area contributed by atoms with Crippen LogP contribution < -0.4 is 0 Å². The topological polar surface area (TPSA) is 38.7 Å². The first-order valence-electron chi connectivity index (χ1n) is 2.56. The van der Waals surface area contributed by atoms with Crippen molar-refractivity contribution >= 4 is 22.7 Å². The molecule has 0 fully saturated rings. The predicted octanol–water partition coefficient (Wildman–Crippen LogP) is 1.51. The van der Waals surface area contributed by atoms with Crippen molar-refractivity contribution in [2.45, 2.75) is 20.3 Å². The summed E-state index contributed by atoms with van der Waals surface area (Å²) in [6.45, 7) is 3.08. The van der Waals surface area contributed by atoms with E-state index in [9.17, 15) is 4.79 Å². The maximum absolute atomic E-state index is 10.1. The van der Waals surface area contributed by atoms with Gasteiger partial charge in [-0.25, -0.2) is 4.79 Å². The molecule has 0 rings (SSSR count). The minimum absolute atomic E-state index is 0.296. The lowest BCUT2D eigenvalue weighted by atomic mass is 10.5. The van der Waals surface area contributed by atoms with Gasteiger partial charge in [-0.2, -0.15) is 0 Å². The van der Waals surface area contributed by atoms with Crippen LogP contribution in [0.15, 0.2) is 5.16 Å². The van der Waals surface area contributed by atoms with Gasteiger partial charge in [0.25, 0.3) is 0 Å². The zero-order valence-electron chi connectivity index (χ0n) is 5.35. The molecule has 0 atom stereocenters. The van der Waals surface area contributed by atoms with E-state index in [1.807, 2.05) is 6.92 Å². The van der Waals surface area contributed by atoms with Crippen molar-refractivity contribution in [1.82, 2.24) is 0 Å². The molecule has 0 heterocycles. The van der Waals surface area contributed by atoms with E-state index in [2.05, 4.69) is 9.99 Å². The highest BCUT2D eigenvalue weighted by atomic mass is 35.5. The molecule has 0 saturated carbocycles. The number of hydrogen-bond donors (Lipinski definition) is 0. The Hall–Kier alpha value is -0.570. The molecule has 0 amide bonds. The number of halogens is 1. The van der Waals surface area contributed by atoms with Crippen molar-refractivity contribution in [3.63, 3.8) is 0 Å². The Morgan fingerprint density at radius 1 is 1.78 bits per heavy atom. The van der Waals surface area contributed by atoms with E-state index >= 15 is 0 Å². The van der Waals surface area contributed by atoms with Gasteiger partial charge in [-0.05, 0) is 0 Å². The number of nitrogens with zero attached hydrogens (tertiary/aromatic N) is 1. The van der Waals surface area contributed by atoms with Gasteiger partial charge in [0, 0.05) is 13.3 Å². The third kappa shape index (κ3) is 5.30. The second-order valence-corrected chi connectivity index (χ2v) is 1.84. The molecule has 0 saturated heterocycles. The first-order valence-corrected chi connectivity index (χ1v) is 2.94. The molecule has 0 aliphatic heterocycles. The predicted molar refractivity (Wildman–Crippen MR) is 35.3 cm³/mol. The standard InChI is InChI=1S/C5H8ClNO2/c1-3-5(6)7-9-4(2)8/h3H2,1-2H3/b7-5-. The van der Waals surface area contributed by atoms with Crippen LogP contribution in [-0.2, 0) is 9.63 Å². The van der Waals surface area contributed by atoms with E-state index in [4.69, 9.17) is 11.6 Å². The Morgan fingerprint density at radius 3 is 2.67 bits per heavy atom. The first kappa shape index (κ1) is 8.43.